The minimum absolute atomic E-state index is 0.129. The molecular weight excluding hydrogens is 240 g/mol. The van der Waals surface area contributed by atoms with Gasteiger partial charge >= 0.3 is 11.7 Å². The van der Waals surface area contributed by atoms with Crippen molar-refractivity contribution in [1.82, 2.24) is 19.1 Å². The van der Waals surface area contributed by atoms with E-state index in [4.69, 9.17) is 0 Å². The van der Waals surface area contributed by atoms with Crippen LogP contribution in [0, 0.1) is 0 Å². The van der Waals surface area contributed by atoms with E-state index in [0.717, 1.165) is 4.57 Å². The van der Waals surface area contributed by atoms with Gasteiger partial charge in [0.15, 0.2) is 11.2 Å². The molecule has 96 valence electrons. The molecule has 0 fully saturated rings. The van der Waals surface area contributed by atoms with Gasteiger partial charge in [0.05, 0.1) is 19.9 Å². The quantitative estimate of drug-likeness (QED) is 0.705. The van der Waals surface area contributed by atoms with E-state index in [2.05, 4.69) is 14.7 Å². The number of hydrogen-bond donors (Lipinski definition) is 1. The average Bonchev–Trinajstić information content (AvgIpc) is 2.76. The van der Waals surface area contributed by atoms with E-state index in [1.54, 1.807) is 0 Å². The number of methoxy groups -OCH3 is 1. The number of H-pyrrole nitrogens is 1. The van der Waals surface area contributed by atoms with Crippen molar-refractivity contribution in [3.8, 4) is 0 Å². The third-order valence-electron chi connectivity index (χ3n) is 2.66. The second-order valence-electron chi connectivity index (χ2n) is 3.76. The zero-order chi connectivity index (χ0) is 13.3. The first-order chi connectivity index (χ1) is 8.54. The fourth-order valence-corrected chi connectivity index (χ4v) is 1.62. The van der Waals surface area contributed by atoms with Crippen LogP contribution in [0.15, 0.2) is 15.9 Å². The van der Waals surface area contributed by atoms with Gasteiger partial charge in [0, 0.05) is 13.6 Å². The zero-order valence-corrected chi connectivity index (χ0v) is 9.97. The lowest BCUT2D eigenvalue weighted by Gasteiger charge is -2.03. The number of aromatic nitrogens is 4. The number of carbonyl (C=O) groups is 1. The first kappa shape index (κ1) is 12.1. The average molecular weight is 252 g/mol. The minimum atomic E-state index is -0.522. The molecule has 2 heterocycles. The van der Waals surface area contributed by atoms with Gasteiger partial charge in [0.25, 0.3) is 5.56 Å². The highest BCUT2D eigenvalue weighted by atomic mass is 16.5. The molecule has 2 aromatic rings. The number of carbonyl (C=O) groups excluding carboxylic acids is 1. The first-order valence-electron chi connectivity index (χ1n) is 5.25. The van der Waals surface area contributed by atoms with Crippen LogP contribution in [0.4, 0.5) is 0 Å². The Kier molecular flexibility index (Phi) is 3.00. The van der Waals surface area contributed by atoms with Crippen molar-refractivity contribution in [2.45, 2.75) is 13.0 Å². The van der Waals surface area contributed by atoms with Crippen LogP contribution in [0.5, 0.6) is 0 Å². The number of ether oxygens (including phenoxy) is 1. The van der Waals surface area contributed by atoms with E-state index in [-0.39, 0.29) is 30.1 Å². The van der Waals surface area contributed by atoms with E-state index in [1.165, 1.54) is 25.1 Å². The van der Waals surface area contributed by atoms with Crippen molar-refractivity contribution in [2.24, 2.45) is 7.05 Å². The normalized spacial score (nSPS) is 10.8. The Morgan fingerprint density at radius 3 is 2.89 bits per heavy atom. The highest BCUT2D eigenvalue weighted by Gasteiger charge is 2.11. The Morgan fingerprint density at radius 1 is 1.50 bits per heavy atom. The van der Waals surface area contributed by atoms with Gasteiger partial charge in [-0.25, -0.2) is 9.78 Å². The summed E-state index contributed by atoms with van der Waals surface area (Å²) in [6.45, 7) is 0.268. The summed E-state index contributed by atoms with van der Waals surface area (Å²) in [4.78, 5) is 40.7. The molecule has 0 aliphatic carbocycles. The van der Waals surface area contributed by atoms with Crippen LogP contribution in [0.1, 0.15) is 6.42 Å². The van der Waals surface area contributed by atoms with Crippen molar-refractivity contribution >= 4 is 17.1 Å². The molecule has 0 atom stereocenters. The topological polar surface area (TPSA) is 99.0 Å². The lowest BCUT2D eigenvalue weighted by Crippen LogP contribution is -2.33. The Bertz CT molecular complexity index is 709. The standard InChI is InChI=1S/C10H12N4O4/c1-13-9(16)7-8(12-10(13)17)11-5-14(7)4-3-6(15)18-2/h5H,3-4H2,1-2H3,(H,12,17). The van der Waals surface area contributed by atoms with E-state index in [9.17, 15) is 14.4 Å². The molecule has 0 unspecified atom stereocenters. The number of nitrogens with one attached hydrogen (secondary N) is 1. The summed E-state index contributed by atoms with van der Waals surface area (Å²) >= 11 is 0. The molecule has 0 radical (unpaired) electrons. The molecular formula is C10H12N4O4. The van der Waals surface area contributed by atoms with Gasteiger partial charge < -0.3 is 9.30 Å². The third kappa shape index (κ3) is 1.92. The summed E-state index contributed by atoms with van der Waals surface area (Å²) in [7, 11) is 2.67. The number of esters is 1. The van der Waals surface area contributed by atoms with Gasteiger partial charge in [-0.05, 0) is 0 Å². The third-order valence-corrected chi connectivity index (χ3v) is 2.66. The predicted octanol–water partition coefficient (Wildman–Crippen LogP) is -1.01. The maximum Gasteiger partial charge on any atom is 0.329 e. The van der Waals surface area contributed by atoms with Crippen molar-refractivity contribution in [1.29, 1.82) is 0 Å². The second-order valence-corrected chi connectivity index (χ2v) is 3.76. The van der Waals surface area contributed by atoms with E-state index < -0.39 is 11.2 Å². The molecule has 2 rings (SSSR count). The van der Waals surface area contributed by atoms with Crippen LogP contribution in [0.2, 0.25) is 0 Å². The maximum atomic E-state index is 11.9. The SMILES string of the molecule is COC(=O)CCn1cnc2[nH]c(=O)n(C)c(=O)c21. The lowest BCUT2D eigenvalue weighted by atomic mass is 10.4. The summed E-state index contributed by atoms with van der Waals surface area (Å²) in [6.07, 6.45) is 1.54. The highest BCUT2D eigenvalue weighted by molar-refractivity contribution is 5.71. The van der Waals surface area contributed by atoms with Gasteiger partial charge in [-0.1, -0.05) is 0 Å². The number of imidazole rings is 1. The van der Waals surface area contributed by atoms with Crippen molar-refractivity contribution < 1.29 is 9.53 Å². The molecule has 2 aromatic heterocycles. The number of aryl methyl sites for hydroxylation is 1. The zero-order valence-electron chi connectivity index (χ0n) is 9.97. The highest BCUT2D eigenvalue weighted by Crippen LogP contribution is 2.04. The molecule has 1 N–H and O–H groups in total. The monoisotopic (exact) mass is 252 g/mol. The molecule has 0 aliphatic heterocycles. The van der Waals surface area contributed by atoms with Crippen LogP contribution in [0.25, 0.3) is 11.2 Å². The molecule has 0 aromatic carbocycles. The number of fused-ring (bicyclic) bond motifs is 1. The Morgan fingerprint density at radius 2 is 2.22 bits per heavy atom. The van der Waals surface area contributed by atoms with Gasteiger partial charge in [0.1, 0.15) is 0 Å². The van der Waals surface area contributed by atoms with Crippen molar-refractivity contribution in [2.75, 3.05) is 7.11 Å². The Hall–Kier alpha value is -2.38. The fraction of sp³-hybridized carbons (Fsp3) is 0.400. The summed E-state index contributed by atoms with van der Waals surface area (Å²) in [6, 6.07) is 0. The van der Waals surface area contributed by atoms with Crippen molar-refractivity contribution in [3.05, 3.63) is 27.2 Å². The second kappa shape index (κ2) is 4.47. The van der Waals surface area contributed by atoms with Gasteiger partial charge in [-0.3, -0.25) is 19.1 Å². The van der Waals surface area contributed by atoms with Gasteiger partial charge in [-0.15, -0.1) is 0 Å². The number of aromatic amines is 1. The van der Waals surface area contributed by atoms with Crippen LogP contribution >= 0.6 is 0 Å². The predicted molar refractivity (Wildman–Crippen MR) is 62.2 cm³/mol. The molecule has 8 nitrogen and oxygen atoms in total. The largest absolute Gasteiger partial charge is 0.469 e. The van der Waals surface area contributed by atoms with E-state index in [0.29, 0.717) is 0 Å². The van der Waals surface area contributed by atoms with Crippen molar-refractivity contribution in [3.63, 3.8) is 0 Å². The molecule has 0 aliphatic rings. The van der Waals surface area contributed by atoms with Crippen LogP contribution in [0.3, 0.4) is 0 Å². The van der Waals surface area contributed by atoms with Crippen LogP contribution in [-0.4, -0.2) is 32.2 Å². The molecule has 0 amide bonds. The molecule has 18 heavy (non-hydrogen) atoms. The van der Waals surface area contributed by atoms with Gasteiger partial charge in [0.2, 0.25) is 0 Å². The maximum absolute atomic E-state index is 11.9. The number of nitrogens with zero attached hydrogens (tertiary/aromatic N) is 3. The van der Waals surface area contributed by atoms with Gasteiger partial charge in [-0.2, -0.15) is 0 Å². The number of rotatable bonds is 3. The smallest absolute Gasteiger partial charge is 0.329 e. The number of hydrogen-bond acceptors (Lipinski definition) is 5. The fourth-order valence-electron chi connectivity index (χ4n) is 1.62. The summed E-state index contributed by atoms with van der Waals surface area (Å²) in [5.41, 5.74) is -0.490. The van der Waals surface area contributed by atoms with E-state index in [1.807, 2.05) is 0 Å². The van der Waals surface area contributed by atoms with Crippen LogP contribution < -0.4 is 11.2 Å². The molecule has 0 bridgehead atoms. The Balaban J connectivity index is 2.48. The minimum Gasteiger partial charge on any atom is -0.469 e. The first-order valence-corrected chi connectivity index (χ1v) is 5.25. The summed E-state index contributed by atoms with van der Waals surface area (Å²) in [5.74, 6) is -0.377. The lowest BCUT2D eigenvalue weighted by molar-refractivity contribution is -0.140. The van der Waals surface area contributed by atoms with E-state index >= 15 is 0 Å². The Labute approximate surface area is 101 Å². The molecule has 0 spiro atoms. The molecule has 0 saturated carbocycles. The molecule has 0 saturated heterocycles. The summed E-state index contributed by atoms with van der Waals surface area (Å²) < 4.78 is 7.00. The molecule has 8 heteroatoms. The van der Waals surface area contributed by atoms with Crippen LogP contribution in [-0.2, 0) is 23.1 Å². The summed E-state index contributed by atoms with van der Waals surface area (Å²) in [5, 5.41) is 0.